The Kier molecular flexibility index (Phi) is 4.37. The van der Waals surface area contributed by atoms with E-state index in [9.17, 15) is 4.79 Å². The van der Waals surface area contributed by atoms with Crippen LogP contribution in [-0.2, 0) is 13.1 Å². The maximum atomic E-state index is 11.9. The van der Waals surface area contributed by atoms with Crippen LogP contribution in [0.5, 0.6) is 0 Å². The van der Waals surface area contributed by atoms with Gasteiger partial charge in [-0.2, -0.15) is 9.61 Å². The lowest BCUT2D eigenvalue weighted by Gasteiger charge is -2.15. The molecule has 22 heavy (non-hydrogen) atoms. The van der Waals surface area contributed by atoms with Gasteiger partial charge in [-0.25, -0.2) is 4.98 Å². The third-order valence-corrected chi connectivity index (χ3v) is 4.89. The van der Waals surface area contributed by atoms with E-state index in [-0.39, 0.29) is 5.56 Å². The lowest BCUT2D eigenvalue weighted by Crippen LogP contribution is -2.18. The van der Waals surface area contributed by atoms with Crippen molar-refractivity contribution >= 4 is 32.2 Å². The highest BCUT2D eigenvalue weighted by Gasteiger charge is 2.11. The molecule has 2 heterocycles. The highest BCUT2D eigenvalue weighted by Crippen LogP contribution is 2.19. The summed E-state index contributed by atoms with van der Waals surface area (Å²) in [7, 11) is 2.03. The molecule has 0 spiro atoms. The van der Waals surface area contributed by atoms with Crippen LogP contribution in [0.1, 0.15) is 16.3 Å². The van der Waals surface area contributed by atoms with Crippen molar-refractivity contribution in [1.29, 1.82) is 0 Å². The summed E-state index contributed by atoms with van der Waals surface area (Å²) in [5, 5.41) is 5.24. The molecule has 0 radical (unpaired) electrons. The van der Waals surface area contributed by atoms with Crippen LogP contribution in [0.25, 0.3) is 4.96 Å². The fourth-order valence-corrected chi connectivity index (χ4v) is 3.66. The largest absolute Gasteiger partial charge is 0.295 e. The summed E-state index contributed by atoms with van der Waals surface area (Å²) in [5.74, 6) is 0. The molecule has 0 N–H and O–H groups in total. The van der Waals surface area contributed by atoms with Crippen molar-refractivity contribution in [2.45, 2.75) is 20.0 Å². The molecule has 0 saturated heterocycles. The van der Waals surface area contributed by atoms with Gasteiger partial charge in [-0.3, -0.25) is 9.69 Å². The fourth-order valence-electron chi connectivity index (χ4n) is 2.23. The average molecular weight is 379 g/mol. The number of aryl methyl sites for hydroxylation is 1. The molecule has 114 valence electrons. The van der Waals surface area contributed by atoms with Crippen molar-refractivity contribution in [2.24, 2.45) is 0 Å². The van der Waals surface area contributed by atoms with Crippen LogP contribution in [0, 0.1) is 6.92 Å². The zero-order chi connectivity index (χ0) is 15.7. The Morgan fingerprint density at radius 2 is 2.09 bits per heavy atom. The smallest absolute Gasteiger partial charge is 0.275 e. The molecule has 0 aliphatic carbocycles. The van der Waals surface area contributed by atoms with Crippen LogP contribution in [-0.4, -0.2) is 26.5 Å². The highest BCUT2D eigenvalue weighted by molar-refractivity contribution is 9.10. The number of nitrogens with zero attached hydrogens (tertiary/aromatic N) is 4. The second-order valence-corrected chi connectivity index (χ2v) is 7.08. The molecule has 0 amide bonds. The van der Waals surface area contributed by atoms with Crippen LogP contribution in [0.2, 0.25) is 0 Å². The minimum absolute atomic E-state index is 0.126. The second-order valence-electron chi connectivity index (χ2n) is 5.19. The van der Waals surface area contributed by atoms with Gasteiger partial charge in [-0.15, -0.1) is 0 Å². The van der Waals surface area contributed by atoms with Crippen molar-refractivity contribution in [3.63, 3.8) is 0 Å². The van der Waals surface area contributed by atoms with E-state index >= 15 is 0 Å². The quantitative estimate of drug-likeness (QED) is 0.700. The predicted molar refractivity (Wildman–Crippen MR) is 91.2 cm³/mol. The molecule has 3 rings (SSSR count). The van der Waals surface area contributed by atoms with Gasteiger partial charge in [0, 0.05) is 22.8 Å². The summed E-state index contributed by atoms with van der Waals surface area (Å²) in [5.41, 5.74) is 1.82. The molecule has 0 saturated carbocycles. The van der Waals surface area contributed by atoms with E-state index in [2.05, 4.69) is 37.0 Å². The number of halogens is 1. The van der Waals surface area contributed by atoms with E-state index in [1.165, 1.54) is 27.5 Å². The Balaban J connectivity index is 1.80. The predicted octanol–water partition coefficient (Wildman–Crippen LogP) is 2.85. The van der Waals surface area contributed by atoms with Gasteiger partial charge in [0.2, 0.25) is 4.96 Å². The van der Waals surface area contributed by atoms with Gasteiger partial charge in [0.1, 0.15) is 5.01 Å². The van der Waals surface area contributed by atoms with Crippen LogP contribution in [0.15, 0.2) is 39.6 Å². The van der Waals surface area contributed by atoms with E-state index < -0.39 is 0 Å². The van der Waals surface area contributed by atoms with Gasteiger partial charge in [0.05, 0.1) is 6.54 Å². The molecule has 7 heteroatoms. The molecule has 0 fully saturated rings. The van der Waals surface area contributed by atoms with Gasteiger partial charge in [-0.05, 0) is 25.6 Å². The average Bonchev–Trinajstić information content (AvgIpc) is 2.84. The van der Waals surface area contributed by atoms with Gasteiger partial charge in [-0.1, -0.05) is 45.5 Å². The minimum atomic E-state index is -0.126. The molecule has 0 aliphatic rings. The SMILES string of the molecule is Cc1cc(=O)n2nc(CN(C)Cc3ccccc3Br)sc2n1. The standard InChI is InChI=1S/C15H15BrN4OS/c1-10-7-14(21)20-15(17-10)22-13(18-20)9-19(2)8-11-5-3-4-6-12(11)16/h3-7H,8-9H2,1-2H3. The van der Waals surface area contributed by atoms with Gasteiger partial charge in [0.15, 0.2) is 0 Å². The fraction of sp³-hybridized carbons (Fsp3) is 0.267. The molecule has 1 aromatic carbocycles. The molecular weight excluding hydrogens is 364 g/mol. The summed E-state index contributed by atoms with van der Waals surface area (Å²) >= 11 is 5.02. The Hall–Kier alpha value is -1.57. The van der Waals surface area contributed by atoms with Crippen molar-refractivity contribution in [2.75, 3.05) is 7.05 Å². The van der Waals surface area contributed by atoms with Crippen molar-refractivity contribution < 1.29 is 0 Å². The molecular formula is C15H15BrN4OS. The number of aromatic nitrogens is 3. The molecule has 0 aliphatic heterocycles. The molecule has 2 aromatic heterocycles. The lowest BCUT2D eigenvalue weighted by molar-refractivity contribution is 0.316. The maximum absolute atomic E-state index is 11.9. The topological polar surface area (TPSA) is 50.5 Å². The normalized spacial score (nSPS) is 11.5. The number of hydrogen-bond acceptors (Lipinski definition) is 5. The van der Waals surface area contributed by atoms with E-state index in [1.807, 2.05) is 32.2 Å². The minimum Gasteiger partial charge on any atom is -0.295 e. The first-order chi connectivity index (χ1) is 10.5. The van der Waals surface area contributed by atoms with Crippen molar-refractivity contribution in [1.82, 2.24) is 19.5 Å². The number of hydrogen-bond donors (Lipinski definition) is 0. The lowest BCUT2D eigenvalue weighted by atomic mass is 10.2. The van der Waals surface area contributed by atoms with Gasteiger partial charge in [0.25, 0.3) is 5.56 Å². The summed E-state index contributed by atoms with van der Waals surface area (Å²) in [6.45, 7) is 3.30. The third-order valence-electron chi connectivity index (χ3n) is 3.22. The number of rotatable bonds is 4. The van der Waals surface area contributed by atoms with Crippen LogP contribution in [0.3, 0.4) is 0 Å². The maximum Gasteiger partial charge on any atom is 0.275 e. The van der Waals surface area contributed by atoms with Crippen LogP contribution >= 0.6 is 27.3 Å². The molecule has 3 aromatic rings. The highest BCUT2D eigenvalue weighted by atomic mass is 79.9. The first-order valence-electron chi connectivity index (χ1n) is 6.81. The first-order valence-corrected chi connectivity index (χ1v) is 8.42. The summed E-state index contributed by atoms with van der Waals surface area (Å²) < 4.78 is 2.47. The zero-order valence-corrected chi connectivity index (χ0v) is 14.7. The van der Waals surface area contributed by atoms with Crippen molar-refractivity contribution in [3.8, 4) is 0 Å². The van der Waals surface area contributed by atoms with E-state index in [0.717, 1.165) is 21.7 Å². The summed E-state index contributed by atoms with van der Waals surface area (Å²) in [6, 6.07) is 9.65. The zero-order valence-electron chi connectivity index (χ0n) is 12.3. The number of fused-ring (bicyclic) bond motifs is 1. The van der Waals surface area contributed by atoms with E-state index in [4.69, 9.17) is 0 Å². The van der Waals surface area contributed by atoms with Gasteiger partial charge < -0.3 is 0 Å². The van der Waals surface area contributed by atoms with Crippen molar-refractivity contribution in [3.05, 3.63) is 61.4 Å². The number of benzene rings is 1. The Morgan fingerprint density at radius 3 is 2.86 bits per heavy atom. The van der Waals surface area contributed by atoms with Gasteiger partial charge >= 0.3 is 0 Å². The Bertz CT molecular complexity index is 873. The van der Waals surface area contributed by atoms with Crippen LogP contribution in [0.4, 0.5) is 0 Å². The van der Waals surface area contributed by atoms with Crippen LogP contribution < -0.4 is 5.56 Å². The molecule has 0 unspecified atom stereocenters. The molecule has 5 nitrogen and oxygen atoms in total. The molecule has 0 bridgehead atoms. The molecule has 0 atom stereocenters. The van der Waals surface area contributed by atoms with E-state index in [1.54, 1.807) is 0 Å². The second kappa shape index (κ2) is 6.28. The Morgan fingerprint density at radius 1 is 1.32 bits per heavy atom. The van der Waals surface area contributed by atoms with E-state index in [0.29, 0.717) is 11.5 Å². The third kappa shape index (κ3) is 3.26. The Labute approximate surface area is 140 Å². The summed E-state index contributed by atoms with van der Waals surface area (Å²) in [6.07, 6.45) is 0. The summed E-state index contributed by atoms with van der Waals surface area (Å²) in [4.78, 5) is 19.0. The monoisotopic (exact) mass is 378 g/mol. The first kappa shape index (κ1) is 15.3.